The summed E-state index contributed by atoms with van der Waals surface area (Å²) in [7, 11) is 0. The third-order valence-corrected chi connectivity index (χ3v) is 6.99. The third kappa shape index (κ3) is 14.2. The van der Waals surface area contributed by atoms with Crippen LogP contribution in [0.3, 0.4) is 0 Å². The van der Waals surface area contributed by atoms with Crippen molar-refractivity contribution in [2.24, 2.45) is 5.92 Å². The third-order valence-electron chi connectivity index (χ3n) is 6.99. The number of esters is 3. The van der Waals surface area contributed by atoms with Crippen LogP contribution < -0.4 is 0 Å². The molecular weight excluding hydrogens is 468 g/mol. The van der Waals surface area contributed by atoms with Gasteiger partial charge in [-0.3, -0.25) is 14.4 Å². The standard InChI is InChI=1S/C31H48O6/c1-3-4-5-6-7-8-9-10-11-12-13-14-18-21-30(33)36-24-27(23-35-25(2)32)37-31(34)29-22-28(29)26-19-16-15-17-20-26/h15-17,19-20,27-29H,3-14,18,21-24H2,1-2H3/t27?,28-,29+/m1/s1. The molecule has 1 saturated carbocycles. The summed E-state index contributed by atoms with van der Waals surface area (Å²) in [6.45, 7) is 3.34. The fourth-order valence-electron chi connectivity index (χ4n) is 4.65. The maximum absolute atomic E-state index is 12.6. The highest BCUT2D eigenvalue weighted by atomic mass is 16.6. The van der Waals surface area contributed by atoms with E-state index in [2.05, 4.69) is 6.92 Å². The fourth-order valence-corrected chi connectivity index (χ4v) is 4.65. The zero-order valence-corrected chi connectivity index (χ0v) is 23.1. The van der Waals surface area contributed by atoms with Crippen molar-refractivity contribution in [1.29, 1.82) is 0 Å². The lowest BCUT2D eigenvalue weighted by Gasteiger charge is -2.18. The molecule has 6 heteroatoms. The minimum atomic E-state index is -0.788. The van der Waals surface area contributed by atoms with E-state index in [1.165, 1.54) is 71.1 Å². The monoisotopic (exact) mass is 516 g/mol. The van der Waals surface area contributed by atoms with Crippen molar-refractivity contribution in [2.45, 2.75) is 122 Å². The van der Waals surface area contributed by atoms with Crippen LogP contribution in [0, 0.1) is 5.92 Å². The van der Waals surface area contributed by atoms with Gasteiger partial charge in [-0.2, -0.15) is 0 Å². The van der Waals surface area contributed by atoms with Gasteiger partial charge in [0.1, 0.15) is 13.2 Å². The summed E-state index contributed by atoms with van der Waals surface area (Å²) in [5.41, 5.74) is 1.12. The molecule has 6 nitrogen and oxygen atoms in total. The number of hydrogen-bond donors (Lipinski definition) is 0. The van der Waals surface area contributed by atoms with E-state index in [1.54, 1.807) is 0 Å². The molecule has 0 radical (unpaired) electrons. The molecule has 3 atom stereocenters. The van der Waals surface area contributed by atoms with Crippen LogP contribution >= 0.6 is 0 Å². The van der Waals surface area contributed by atoms with E-state index < -0.39 is 12.1 Å². The summed E-state index contributed by atoms with van der Waals surface area (Å²) in [4.78, 5) is 36.0. The van der Waals surface area contributed by atoms with Crippen LogP contribution in [0.1, 0.15) is 122 Å². The molecule has 0 heterocycles. The largest absolute Gasteiger partial charge is 0.462 e. The molecule has 0 N–H and O–H groups in total. The number of benzene rings is 1. The molecule has 0 amide bonds. The smallest absolute Gasteiger partial charge is 0.310 e. The Morgan fingerprint density at radius 3 is 1.89 bits per heavy atom. The van der Waals surface area contributed by atoms with Gasteiger partial charge >= 0.3 is 17.9 Å². The van der Waals surface area contributed by atoms with E-state index in [-0.39, 0.29) is 37.0 Å². The number of carbonyl (C=O) groups excluding carboxylic acids is 3. The molecule has 1 aliphatic rings. The van der Waals surface area contributed by atoms with Crippen LogP contribution in [0.5, 0.6) is 0 Å². The number of carbonyl (C=O) groups is 3. The number of hydrogen-bond acceptors (Lipinski definition) is 6. The highest BCUT2D eigenvalue weighted by Gasteiger charge is 2.45. The topological polar surface area (TPSA) is 78.9 Å². The normalized spacial score (nSPS) is 17.1. The average molecular weight is 517 g/mol. The number of rotatable bonds is 21. The highest BCUT2D eigenvalue weighted by Crippen LogP contribution is 2.48. The summed E-state index contributed by atoms with van der Waals surface area (Å²) >= 11 is 0. The first kappa shape index (κ1) is 30.9. The zero-order valence-electron chi connectivity index (χ0n) is 23.1. The predicted octanol–water partition coefficient (Wildman–Crippen LogP) is 7.29. The van der Waals surface area contributed by atoms with E-state index >= 15 is 0 Å². The van der Waals surface area contributed by atoms with Crippen molar-refractivity contribution in [1.82, 2.24) is 0 Å². The summed E-state index contributed by atoms with van der Waals surface area (Å²) in [5.74, 6) is -1.16. The second-order valence-corrected chi connectivity index (χ2v) is 10.4. The van der Waals surface area contributed by atoms with Gasteiger partial charge in [0.05, 0.1) is 5.92 Å². The first-order valence-electron chi connectivity index (χ1n) is 14.6. The molecule has 0 aliphatic heterocycles. The molecule has 1 aliphatic carbocycles. The van der Waals surface area contributed by atoms with Gasteiger partial charge in [0.2, 0.25) is 0 Å². The lowest BCUT2D eigenvalue weighted by atomic mass is 10.0. The molecule has 0 spiro atoms. The molecule has 37 heavy (non-hydrogen) atoms. The minimum Gasteiger partial charge on any atom is -0.462 e. The van der Waals surface area contributed by atoms with Gasteiger partial charge in [-0.15, -0.1) is 0 Å². The summed E-state index contributed by atoms with van der Waals surface area (Å²) in [6.07, 6.45) is 16.6. The second kappa shape index (κ2) is 18.8. The van der Waals surface area contributed by atoms with Gasteiger partial charge in [0.15, 0.2) is 6.10 Å². The van der Waals surface area contributed by atoms with Crippen molar-refractivity contribution in [3.63, 3.8) is 0 Å². The van der Waals surface area contributed by atoms with Crippen molar-refractivity contribution >= 4 is 17.9 Å². The van der Waals surface area contributed by atoms with E-state index in [4.69, 9.17) is 14.2 Å². The average Bonchev–Trinajstić information content (AvgIpc) is 3.70. The quantitative estimate of drug-likeness (QED) is 0.0970. The molecular formula is C31H48O6. The van der Waals surface area contributed by atoms with Crippen LogP contribution in [0.25, 0.3) is 0 Å². The van der Waals surface area contributed by atoms with Crippen LogP contribution in [0.4, 0.5) is 0 Å². The van der Waals surface area contributed by atoms with Gasteiger partial charge in [0.25, 0.3) is 0 Å². The molecule has 1 unspecified atom stereocenters. The predicted molar refractivity (Wildman–Crippen MR) is 145 cm³/mol. The molecule has 1 aromatic carbocycles. The van der Waals surface area contributed by atoms with E-state index in [9.17, 15) is 14.4 Å². The lowest BCUT2D eigenvalue weighted by Crippen LogP contribution is -2.31. The van der Waals surface area contributed by atoms with E-state index in [0.717, 1.165) is 31.2 Å². The summed E-state index contributed by atoms with van der Waals surface area (Å²) in [6, 6.07) is 9.87. The van der Waals surface area contributed by atoms with E-state index in [0.29, 0.717) is 6.42 Å². The molecule has 0 aromatic heterocycles. The summed E-state index contributed by atoms with van der Waals surface area (Å²) in [5, 5.41) is 0. The van der Waals surface area contributed by atoms with Gasteiger partial charge in [-0.05, 0) is 24.3 Å². The van der Waals surface area contributed by atoms with Crippen LogP contribution in [0.2, 0.25) is 0 Å². The molecule has 2 rings (SSSR count). The van der Waals surface area contributed by atoms with Crippen molar-refractivity contribution in [3.8, 4) is 0 Å². The minimum absolute atomic E-state index is 0.0982. The van der Waals surface area contributed by atoms with Crippen molar-refractivity contribution in [2.75, 3.05) is 13.2 Å². The molecule has 0 bridgehead atoms. The van der Waals surface area contributed by atoms with Gasteiger partial charge < -0.3 is 14.2 Å². The van der Waals surface area contributed by atoms with Gasteiger partial charge in [-0.25, -0.2) is 0 Å². The first-order valence-corrected chi connectivity index (χ1v) is 14.6. The van der Waals surface area contributed by atoms with Crippen LogP contribution in [-0.2, 0) is 28.6 Å². The SMILES string of the molecule is CCCCCCCCCCCCCCCC(=O)OCC(COC(C)=O)OC(=O)[C@H]1C[C@@H]1c1ccccc1. The molecule has 0 saturated heterocycles. The van der Waals surface area contributed by atoms with Gasteiger partial charge in [-0.1, -0.05) is 114 Å². The summed E-state index contributed by atoms with van der Waals surface area (Å²) < 4.78 is 15.9. The number of unbranched alkanes of at least 4 members (excludes halogenated alkanes) is 12. The maximum atomic E-state index is 12.6. The molecule has 1 fully saturated rings. The van der Waals surface area contributed by atoms with E-state index in [1.807, 2.05) is 30.3 Å². The Morgan fingerprint density at radius 1 is 0.784 bits per heavy atom. The van der Waals surface area contributed by atoms with Crippen LogP contribution in [0.15, 0.2) is 30.3 Å². The highest BCUT2D eigenvalue weighted by molar-refractivity contribution is 5.77. The molecule has 1 aromatic rings. The fraction of sp³-hybridized carbons (Fsp3) is 0.710. The van der Waals surface area contributed by atoms with Gasteiger partial charge in [0, 0.05) is 13.3 Å². The van der Waals surface area contributed by atoms with Crippen LogP contribution in [-0.4, -0.2) is 37.2 Å². The first-order chi connectivity index (χ1) is 18.0. The Balaban J connectivity index is 1.54. The van der Waals surface area contributed by atoms with Crippen molar-refractivity contribution in [3.05, 3.63) is 35.9 Å². The molecule has 208 valence electrons. The number of ether oxygens (including phenoxy) is 3. The second-order valence-electron chi connectivity index (χ2n) is 10.4. The Bertz CT molecular complexity index is 777. The Kier molecular flexibility index (Phi) is 15.7. The Hall–Kier alpha value is -2.37. The zero-order chi connectivity index (χ0) is 26.7. The lowest BCUT2D eigenvalue weighted by molar-refractivity contribution is -0.167. The Labute approximate surface area is 223 Å². The van der Waals surface area contributed by atoms with Crippen molar-refractivity contribution < 1.29 is 28.6 Å². The maximum Gasteiger partial charge on any atom is 0.310 e. The Morgan fingerprint density at radius 2 is 1.32 bits per heavy atom.